The predicted molar refractivity (Wildman–Crippen MR) is 103 cm³/mol. The Morgan fingerprint density at radius 3 is 2.46 bits per heavy atom. The van der Waals surface area contributed by atoms with Crippen LogP contribution in [0.25, 0.3) is 0 Å². The van der Waals surface area contributed by atoms with Gasteiger partial charge in [0.15, 0.2) is 6.61 Å². The third-order valence-electron chi connectivity index (χ3n) is 2.89. The topological polar surface area (TPSA) is 130 Å². The predicted octanol–water partition coefficient (Wildman–Crippen LogP) is 2.14. The van der Waals surface area contributed by atoms with E-state index in [1.807, 2.05) is 45.2 Å². The van der Waals surface area contributed by atoms with Gasteiger partial charge in [0.25, 0.3) is 5.91 Å². The summed E-state index contributed by atoms with van der Waals surface area (Å²) in [4.78, 5) is 23.3. The van der Waals surface area contributed by atoms with E-state index in [1.54, 1.807) is 6.07 Å². The number of ether oxygens (including phenoxy) is 1. The summed E-state index contributed by atoms with van der Waals surface area (Å²) >= 11 is 3.84. The Balaban J connectivity index is 2.43. The summed E-state index contributed by atoms with van der Waals surface area (Å²) in [6.45, 7) is -1.81. The van der Waals surface area contributed by atoms with Crippen LogP contribution in [-0.4, -0.2) is 48.4 Å². The van der Waals surface area contributed by atoms with Crippen LogP contribution in [-0.2, 0) is 19.6 Å². The van der Waals surface area contributed by atoms with Gasteiger partial charge in [-0.3, -0.25) is 14.1 Å². The first-order valence-electron chi connectivity index (χ1n) is 6.82. The molecule has 0 aliphatic rings. The van der Waals surface area contributed by atoms with Gasteiger partial charge in [0.05, 0.1) is 9.13 Å². The number of phenols is 1. The van der Waals surface area contributed by atoms with E-state index in [9.17, 15) is 31.9 Å². The largest absolute Gasteiger partial charge is 0.506 e. The fourth-order valence-electron chi connectivity index (χ4n) is 1.58. The molecule has 0 saturated heterocycles. The molecular formula is C13H13F2I2NO7S. The van der Waals surface area contributed by atoms with Crippen LogP contribution in [0.1, 0.15) is 23.2 Å². The number of esters is 1. The normalized spacial score (nSPS) is 11.9. The Kier molecular flexibility index (Phi) is 8.40. The maximum Gasteiger partial charge on any atom is 0.402 e. The lowest BCUT2D eigenvalue weighted by Gasteiger charge is -2.13. The highest BCUT2D eigenvalue weighted by Crippen LogP contribution is 2.26. The fourth-order valence-corrected chi connectivity index (χ4v) is 3.63. The van der Waals surface area contributed by atoms with Crippen molar-refractivity contribution in [2.75, 3.05) is 13.2 Å². The van der Waals surface area contributed by atoms with E-state index < -0.39 is 33.9 Å². The molecule has 3 N–H and O–H groups in total. The van der Waals surface area contributed by atoms with Crippen LogP contribution in [0.3, 0.4) is 0 Å². The number of hydrogen-bond donors (Lipinski definition) is 3. The number of hydrogen-bond acceptors (Lipinski definition) is 6. The van der Waals surface area contributed by atoms with Gasteiger partial charge in [0.2, 0.25) is 0 Å². The number of nitrogens with one attached hydrogen (secondary N) is 1. The summed E-state index contributed by atoms with van der Waals surface area (Å²) in [6.07, 6.45) is -0.332. The molecule has 0 unspecified atom stereocenters. The smallest absolute Gasteiger partial charge is 0.402 e. The van der Waals surface area contributed by atoms with Gasteiger partial charge >= 0.3 is 21.3 Å². The van der Waals surface area contributed by atoms with E-state index in [-0.39, 0.29) is 30.7 Å². The standard InChI is InChI=1S/C13H13F2I2NO7S/c14-13(15,26(22,23)24)6-25-10(19)2-1-3-18-12(21)8-4-7(16)5-9(17)11(8)20/h4-5,20H,1-3,6H2,(H,18,21)(H,22,23,24). The SMILES string of the molecule is O=C(CCCNC(=O)c1cc(I)cc(I)c1O)OCC(F)(F)S(=O)(=O)O. The van der Waals surface area contributed by atoms with Crippen LogP contribution in [0, 0.1) is 7.14 Å². The molecule has 1 amide bonds. The zero-order valence-corrected chi connectivity index (χ0v) is 18.0. The minimum atomic E-state index is -5.67. The average molecular weight is 619 g/mol. The van der Waals surface area contributed by atoms with Crippen LogP contribution in [0.15, 0.2) is 12.1 Å². The van der Waals surface area contributed by atoms with Crippen LogP contribution in [0.2, 0.25) is 0 Å². The van der Waals surface area contributed by atoms with Crippen molar-refractivity contribution in [3.05, 3.63) is 24.8 Å². The van der Waals surface area contributed by atoms with Gasteiger partial charge in [-0.25, -0.2) is 0 Å². The fraction of sp³-hybridized carbons (Fsp3) is 0.385. The number of phenolic OH excluding ortho intramolecular Hbond substituents is 1. The molecule has 0 heterocycles. The lowest BCUT2D eigenvalue weighted by atomic mass is 10.2. The van der Waals surface area contributed by atoms with Gasteiger partial charge in [-0.15, -0.1) is 0 Å². The van der Waals surface area contributed by atoms with Crippen molar-refractivity contribution < 1.29 is 41.2 Å². The summed E-state index contributed by atoms with van der Waals surface area (Å²) in [5.41, 5.74) is 0.0525. The molecular weight excluding hydrogens is 606 g/mol. The van der Waals surface area contributed by atoms with Crippen molar-refractivity contribution in [1.82, 2.24) is 5.32 Å². The van der Waals surface area contributed by atoms with E-state index in [1.165, 1.54) is 6.07 Å². The van der Waals surface area contributed by atoms with Gasteiger partial charge in [0.1, 0.15) is 5.75 Å². The number of aromatic hydroxyl groups is 1. The van der Waals surface area contributed by atoms with Gasteiger partial charge in [0, 0.05) is 16.5 Å². The van der Waals surface area contributed by atoms with Crippen molar-refractivity contribution in [3.63, 3.8) is 0 Å². The molecule has 0 fully saturated rings. The van der Waals surface area contributed by atoms with E-state index in [0.29, 0.717) is 3.57 Å². The van der Waals surface area contributed by atoms with Crippen molar-refractivity contribution in [2.24, 2.45) is 0 Å². The molecule has 0 radical (unpaired) electrons. The first-order valence-corrected chi connectivity index (χ1v) is 10.4. The highest BCUT2D eigenvalue weighted by atomic mass is 127. The van der Waals surface area contributed by atoms with Crippen molar-refractivity contribution in [2.45, 2.75) is 18.1 Å². The van der Waals surface area contributed by atoms with Crippen molar-refractivity contribution in [1.29, 1.82) is 0 Å². The van der Waals surface area contributed by atoms with E-state index in [2.05, 4.69) is 10.1 Å². The maximum atomic E-state index is 12.9. The Hall–Kier alpha value is -0.810. The van der Waals surface area contributed by atoms with Crippen molar-refractivity contribution >= 4 is 67.2 Å². The number of rotatable bonds is 8. The zero-order valence-electron chi connectivity index (χ0n) is 12.8. The van der Waals surface area contributed by atoms with Gasteiger partial charge in [-0.1, -0.05) is 0 Å². The van der Waals surface area contributed by atoms with E-state index >= 15 is 0 Å². The first-order chi connectivity index (χ1) is 11.8. The second-order valence-corrected chi connectivity index (χ2v) is 8.87. The quantitative estimate of drug-likeness (QED) is 0.176. The average Bonchev–Trinajstić information content (AvgIpc) is 2.51. The molecule has 1 aromatic rings. The molecule has 0 saturated carbocycles. The second kappa shape index (κ2) is 9.41. The summed E-state index contributed by atoms with van der Waals surface area (Å²) in [7, 11) is -5.67. The number of carbonyl (C=O) groups is 2. The summed E-state index contributed by atoms with van der Waals surface area (Å²) in [6, 6.07) is 3.14. The minimum absolute atomic E-state index is 0.00980. The monoisotopic (exact) mass is 619 g/mol. The molecule has 1 rings (SSSR count). The Morgan fingerprint density at radius 1 is 1.27 bits per heavy atom. The Labute approximate surface area is 174 Å². The molecule has 0 aliphatic carbocycles. The maximum absolute atomic E-state index is 12.9. The number of halogens is 4. The number of benzene rings is 1. The molecule has 13 heteroatoms. The number of alkyl halides is 2. The van der Waals surface area contributed by atoms with Crippen molar-refractivity contribution in [3.8, 4) is 5.75 Å². The molecule has 0 aliphatic heterocycles. The molecule has 0 atom stereocenters. The Morgan fingerprint density at radius 2 is 1.88 bits per heavy atom. The third-order valence-corrected chi connectivity index (χ3v) is 5.21. The summed E-state index contributed by atoms with van der Waals surface area (Å²) in [5, 5.41) is 7.72. The van der Waals surface area contributed by atoms with Crippen LogP contribution < -0.4 is 5.32 Å². The lowest BCUT2D eigenvalue weighted by Crippen LogP contribution is -2.34. The molecule has 0 aromatic heterocycles. The van der Waals surface area contributed by atoms with Crippen LogP contribution in [0.5, 0.6) is 5.75 Å². The highest BCUT2D eigenvalue weighted by Gasteiger charge is 2.45. The third kappa shape index (κ3) is 6.73. The molecule has 26 heavy (non-hydrogen) atoms. The number of carbonyl (C=O) groups excluding carboxylic acids is 2. The molecule has 1 aromatic carbocycles. The molecule has 0 spiro atoms. The summed E-state index contributed by atoms with van der Waals surface area (Å²) in [5.74, 6) is -1.88. The summed E-state index contributed by atoms with van der Waals surface area (Å²) < 4.78 is 60.1. The van der Waals surface area contributed by atoms with E-state index in [4.69, 9.17) is 4.55 Å². The van der Waals surface area contributed by atoms with Crippen LogP contribution >= 0.6 is 45.2 Å². The second-order valence-electron chi connectivity index (χ2n) is 4.92. The minimum Gasteiger partial charge on any atom is -0.506 e. The molecule has 0 bridgehead atoms. The van der Waals surface area contributed by atoms with Gasteiger partial charge < -0.3 is 15.2 Å². The van der Waals surface area contributed by atoms with Crippen LogP contribution in [0.4, 0.5) is 8.78 Å². The molecule has 8 nitrogen and oxygen atoms in total. The van der Waals surface area contributed by atoms with Gasteiger partial charge in [-0.05, 0) is 63.7 Å². The molecule has 146 valence electrons. The first kappa shape index (κ1) is 23.2. The highest BCUT2D eigenvalue weighted by molar-refractivity contribution is 14.1. The van der Waals surface area contributed by atoms with E-state index in [0.717, 1.165) is 3.57 Å². The van der Waals surface area contributed by atoms with Gasteiger partial charge in [-0.2, -0.15) is 17.2 Å². The zero-order chi connectivity index (χ0) is 20.1. The Bertz CT molecular complexity index is 802. The number of amides is 1. The lowest BCUT2D eigenvalue weighted by molar-refractivity contribution is -0.149.